The van der Waals surface area contributed by atoms with Crippen LogP contribution >= 0.6 is 12.2 Å². The van der Waals surface area contributed by atoms with Gasteiger partial charge < -0.3 is 19.0 Å². The summed E-state index contributed by atoms with van der Waals surface area (Å²) in [5.74, 6) is 2.03. The molecule has 1 aliphatic heterocycles. The van der Waals surface area contributed by atoms with Crippen molar-refractivity contribution in [2.24, 2.45) is 0 Å². The van der Waals surface area contributed by atoms with Gasteiger partial charge in [0.2, 0.25) is 10.7 Å². The van der Waals surface area contributed by atoms with Gasteiger partial charge in [-0.15, -0.1) is 5.10 Å². The van der Waals surface area contributed by atoms with Crippen molar-refractivity contribution < 1.29 is 14.1 Å². The van der Waals surface area contributed by atoms with Crippen LogP contribution in [0.2, 0.25) is 0 Å². The van der Waals surface area contributed by atoms with Crippen LogP contribution in [0, 0.1) is 4.77 Å². The SMILES string of the molecule is CCc1oc2ccccc2c1C[NH+](C)Cn1nc(N2CCOCC2)n(CC)c1=S. The van der Waals surface area contributed by atoms with Crippen molar-refractivity contribution in [3.8, 4) is 0 Å². The van der Waals surface area contributed by atoms with E-state index in [1.165, 1.54) is 15.8 Å². The van der Waals surface area contributed by atoms with Crippen molar-refractivity contribution in [3.05, 3.63) is 40.4 Å². The molecule has 156 valence electrons. The monoisotopic (exact) mass is 416 g/mol. The molecular formula is C21H30N5O2S+. The first kappa shape index (κ1) is 20.1. The number of nitrogens with zero attached hydrogens (tertiary/aromatic N) is 4. The lowest BCUT2D eigenvalue weighted by Crippen LogP contribution is -3.07. The number of rotatable bonds is 7. The van der Waals surface area contributed by atoms with E-state index < -0.39 is 0 Å². The Bertz CT molecular complexity index is 1030. The van der Waals surface area contributed by atoms with Gasteiger partial charge in [0, 0.05) is 31.4 Å². The average molecular weight is 417 g/mol. The standard InChI is InChI=1S/C21H29N5O2S/c1-4-18-17(16-8-6-7-9-19(16)28-18)14-23(3)15-26-21(29)25(5-2)20(22-26)24-10-12-27-13-11-24/h6-9H,4-5,10-15H2,1-3H3/p+1. The maximum Gasteiger partial charge on any atom is 0.226 e. The summed E-state index contributed by atoms with van der Waals surface area (Å²) in [6, 6.07) is 8.29. The van der Waals surface area contributed by atoms with E-state index in [2.05, 4.69) is 42.5 Å². The molecule has 0 amide bonds. The third-order valence-electron chi connectivity index (χ3n) is 5.51. The molecule has 1 aliphatic rings. The lowest BCUT2D eigenvalue weighted by atomic mass is 10.1. The first-order valence-electron chi connectivity index (χ1n) is 10.4. The van der Waals surface area contributed by atoms with Crippen LogP contribution in [-0.4, -0.2) is 47.7 Å². The molecule has 3 heterocycles. The van der Waals surface area contributed by atoms with Crippen molar-refractivity contribution in [2.75, 3.05) is 38.3 Å². The molecule has 8 heteroatoms. The molecule has 1 aromatic carbocycles. The Morgan fingerprint density at radius 2 is 1.93 bits per heavy atom. The Morgan fingerprint density at radius 3 is 2.66 bits per heavy atom. The number of hydrogen-bond acceptors (Lipinski definition) is 5. The van der Waals surface area contributed by atoms with E-state index in [1.54, 1.807) is 0 Å². The first-order chi connectivity index (χ1) is 14.1. The molecule has 4 rings (SSSR count). The third kappa shape index (κ3) is 3.97. The zero-order valence-electron chi connectivity index (χ0n) is 17.5. The van der Waals surface area contributed by atoms with Gasteiger partial charge in [-0.05, 0) is 25.2 Å². The van der Waals surface area contributed by atoms with Crippen LogP contribution in [-0.2, 0) is 30.9 Å². The summed E-state index contributed by atoms with van der Waals surface area (Å²) in [5.41, 5.74) is 2.25. The minimum atomic E-state index is 0.714. The van der Waals surface area contributed by atoms with Crippen LogP contribution in [0.5, 0.6) is 0 Å². The number of ether oxygens (including phenoxy) is 1. The number of hydrogen-bond donors (Lipinski definition) is 1. The molecule has 2 aromatic heterocycles. The number of quaternary nitrogens is 1. The minimum Gasteiger partial charge on any atom is -0.461 e. The van der Waals surface area contributed by atoms with Crippen LogP contribution in [0.4, 0.5) is 5.95 Å². The summed E-state index contributed by atoms with van der Waals surface area (Å²) in [6.07, 6.45) is 0.891. The van der Waals surface area contributed by atoms with Gasteiger partial charge in [-0.25, -0.2) is 0 Å². The number of aryl methyl sites for hydroxylation is 1. The quantitative estimate of drug-likeness (QED) is 0.599. The molecule has 0 spiro atoms. The zero-order chi connectivity index (χ0) is 20.4. The van der Waals surface area contributed by atoms with Gasteiger partial charge in [-0.1, -0.05) is 25.1 Å². The van der Waals surface area contributed by atoms with E-state index in [0.717, 1.165) is 67.9 Å². The van der Waals surface area contributed by atoms with Crippen molar-refractivity contribution >= 4 is 29.1 Å². The van der Waals surface area contributed by atoms with Crippen molar-refractivity contribution in [3.63, 3.8) is 0 Å². The second kappa shape index (κ2) is 8.69. The van der Waals surface area contributed by atoms with Gasteiger partial charge in [0.05, 0.1) is 25.8 Å². The van der Waals surface area contributed by atoms with Crippen molar-refractivity contribution in [2.45, 2.75) is 40.0 Å². The van der Waals surface area contributed by atoms with Crippen LogP contribution in [0.1, 0.15) is 25.2 Å². The predicted molar refractivity (Wildman–Crippen MR) is 116 cm³/mol. The molecule has 0 bridgehead atoms. The highest BCUT2D eigenvalue weighted by molar-refractivity contribution is 7.71. The molecule has 1 N–H and O–H groups in total. The van der Waals surface area contributed by atoms with Crippen LogP contribution in [0.3, 0.4) is 0 Å². The largest absolute Gasteiger partial charge is 0.461 e. The number of benzene rings is 1. The molecule has 1 atom stereocenters. The Morgan fingerprint density at radius 1 is 1.17 bits per heavy atom. The Balaban J connectivity index is 1.57. The summed E-state index contributed by atoms with van der Waals surface area (Å²) in [5, 5.41) is 6.09. The summed E-state index contributed by atoms with van der Waals surface area (Å²) in [6.45, 7) is 9.85. The van der Waals surface area contributed by atoms with Crippen LogP contribution < -0.4 is 9.80 Å². The lowest BCUT2D eigenvalue weighted by molar-refractivity contribution is -0.917. The number of nitrogens with one attached hydrogen (secondary N) is 1. The molecule has 0 radical (unpaired) electrons. The van der Waals surface area contributed by atoms with Crippen molar-refractivity contribution in [1.29, 1.82) is 0 Å². The van der Waals surface area contributed by atoms with Gasteiger partial charge in [0.25, 0.3) is 0 Å². The van der Waals surface area contributed by atoms with Gasteiger partial charge in [0.15, 0.2) is 6.67 Å². The fourth-order valence-electron chi connectivity index (χ4n) is 4.05. The summed E-state index contributed by atoms with van der Waals surface area (Å²) >= 11 is 5.75. The highest BCUT2D eigenvalue weighted by Gasteiger charge is 2.21. The van der Waals surface area contributed by atoms with Gasteiger partial charge in [-0.3, -0.25) is 4.57 Å². The second-order valence-electron chi connectivity index (χ2n) is 7.57. The second-order valence-corrected chi connectivity index (χ2v) is 7.94. The third-order valence-corrected chi connectivity index (χ3v) is 5.95. The maximum atomic E-state index is 6.06. The fraction of sp³-hybridized carbons (Fsp3) is 0.524. The highest BCUT2D eigenvalue weighted by Crippen LogP contribution is 2.25. The number of aromatic nitrogens is 3. The van der Waals surface area contributed by atoms with E-state index in [4.69, 9.17) is 26.5 Å². The first-order valence-corrected chi connectivity index (χ1v) is 10.8. The summed E-state index contributed by atoms with van der Waals surface area (Å²) < 4.78 is 16.4. The maximum absolute atomic E-state index is 6.06. The predicted octanol–water partition coefficient (Wildman–Crippen LogP) is 2.25. The average Bonchev–Trinajstić information content (AvgIpc) is 3.26. The van der Waals surface area contributed by atoms with Crippen LogP contribution in [0.15, 0.2) is 28.7 Å². The van der Waals surface area contributed by atoms with Gasteiger partial charge in [-0.2, -0.15) is 4.68 Å². The molecular weight excluding hydrogens is 386 g/mol. The molecule has 1 fully saturated rings. The number of morpholine rings is 1. The lowest BCUT2D eigenvalue weighted by Gasteiger charge is -2.27. The van der Waals surface area contributed by atoms with E-state index in [1.807, 2.05) is 16.8 Å². The molecule has 29 heavy (non-hydrogen) atoms. The molecule has 0 aliphatic carbocycles. The topological polar surface area (TPSA) is 52.8 Å². The van der Waals surface area contributed by atoms with Crippen molar-refractivity contribution in [1.82, 2.24) is 14.3 Å². The Labute approximate surface area is 176 Å². The zero-order valence-corrected chi connectivity index (χ0v) is 18.3. The van der Waals surface area contributed by atoms with E-state index in [9.17, 15) is 0 Å². The van der Waals surface area contributed by atoms with Gasteiger partial charge in [0.1, 0.15) is 17.9 Å². The number of para-hydroxylation sites is 1. The summed E-state index contributed by atoms with van der Waals surface area (Å²) in [7, 11) is 2.18. The molecule has 1 unspecified atom stereocenters. The smallest absolute Gasteiger partial charge is 0.226 e. The minimum absolute atomic E-state index is 0.714. The normalized spacial score (nSPS) is 15.9. The van der Waals surface area contributed by atoms with E-state index in [0.29, 0.717) is 6.67 Å². The number of fused-ring (bicyclic) bond motifs is 1. The van der Waals surface area contributed by atoms with Gasteiger partial charge >= 0.3 is 0 Å². The molecule has 7 nitrogen and oxygen atoms in total. The highest BCUT2D eigenvalue weighted by atomic mass is 32.1. The molecule has 0 saturated carbocycles. The number of anilines is 1. The van der Waals surface area contributed by atoms with Crippen LogP contribution in [0.25, 0.3) is 11.0 Å². The molecule has 1 saturated heterocycles. The summed E-state index contributed by atoms with van der Waals surface area (Å²) in [4.78, 5) is 3.59. The number of furan rings is 1. The Hall–Kier alpha value is -2.16. The van der Waals surface area contributed by atoms with E-state index >= 15 is 0 Å². The molecule has 3 aromatic rings. The fourth-order valence-corrected chi connectivity index (χ4v) is 4.36. The Kier molecular flexibility index (Phi) is 6.03. The van der Waals surface area contributed by atoms with E-state index in [-0.39, 0.29) is 0 Å².